The summed E-state index contributed by atoms with van der Waals surface area (Å²) in [5.74, 6) is 0.684. The van der Waals surface area contributed by atoms with Crippen LogP contribution in [0.15, 0.2) is 83.2 Å². The number of aromatic nitrogens is 4. The van der Waals surface area contributed by atoms with Gasteiger partial charge in [-0.3, -0.25) is 9.36 Å². The summed E-state index contributed by atoms with van der Waals surface area (Å²) in [6.07, 6.45) is 3.54. The molecule has 0 aliphatic rings. The molecule has 34 heavy (non-hydrogen) atoms. The van der Waals surface area contributed by atoms with E-state index in [1.165, 1.54) is 17.3 Å². The number of aryl methyl sites for hydroxylation is 1. The Hall–Kier alpha value is -3.65. The van der Waals surface area contributed by atoms with Crippen LogP contribution < -0.4 is 5.43 Å². The van der Waals surface area contributed by atoms with Gasteiger partial charge in [0, 0.05) is 24.5 Å². The molecule has 2 aromatic carbocycles. The quantitative estimate of drug-likeness (QED) is 0.238. The Kier molecular flexibility index (Phi) is 6.98. The number of carbonyl (C=O) groups excluding carboxylic acids is 1. The van der Waals surface area contributed by atoms with Gasteiger partial charge in [-0.25, -0.2) is 5.43 Å². The third-order valence-corrected chi connectivity index (χ3v) is 6.29. The fourth-order valence-electron chi connectivity index (χ4n) is 3.42. The van der Waals surface area contributed by atoms with Crippen LogP contribution in [0.3, 0.4) is 0 Å². The van der Waals surface area contributed by atoms with Crippen LogP contribution in [0.25, 0.3) is 17.1 Å². The number of carbonyl (C=O) groups is 1. The summed E-state index contributed by atoms with van der Waals surface area (Å²) in [4.78, 5) is 12.4. The highest BCUT2D eigenvalue weighted by atomic mass is 32.2. The Bertz CT molecular complexity index is 1280. The van der Waals surface area contributed by atoms with E-state index in [4.69, 9.17) is 0 Å². The van der Waals surface area contributed by atoms with E-state index in [0.29, 0.717) is 5.16 Å². The Labute approximate surface area is 203 Å². The maximum Gasteiger partial charge on any atom is 0.250 e. The van der Waals surface area contributed by atoms with Crippen LogP contribution in [0.2, 0.25) is 0 Å². The number of thioether (sulfide) groups is 1. The van der Waals surface area contributed by atoms with E-state index in [0.717, 1.165) is 22.8 Å². The third-order valence-electron chi connectivity index (χ3n) is 5.36. The molecule has 0 aliphatic heterocycles. The molecule has 0 atom stereocenters. The van der Waals surface area contributed by atoms with Crippen molar-refractivity contribution in [1.29, 1.82) is 0 Å². The molecular weight excluding hydrogens is 444 g/mol. The maximum absolute atomic E-state index is 12.4. The van der Waals surface area contributed by atoms with Crippen LogP contribution >= 0.6 is 11.8 Å². The highest BCUT2D eigenvalue weighted by molar-refractivity contribution is 7.99. The molecule has 0 bridgehead atoms. The standard InChI is InChI=1S/C26H28N6OS/c1-26(2,3)20-14-12-19(13-15-20)24-29-30-25(32(24)21-9-6-5-7-10-21)34-18-23(33)28-27-17-22-11-8-16-31(22)4/h5-17H,18H2,1-4H3,(H,28,33)/b27-17+. The molecule has 2 aromatic heterocycles. The minimum atomic E-state index is -0.214. The summed E-state index contributed by atoms with van der Waals surface area (Å²) in [7, 11) is 1.92. The lowest BCUT2D eigenvalue weighted by atomic mass is 9.87. The molecule has 0 saturated heterocycles. The molecule has 0 radical (unpaired) electrons. The lowest BCUT2D eigenvalue weighted by Crippen LogP contribution is -2.20. The van der Waals surface area contributed by atoms with E-state index >= 15 is 0 Å². The lowest BCUT2D eigenvalue weighted by Gasteiger charge is -2.19. The van der Waals surface area contributed by atoms with Gasteiger partial charge in [0.1, 0.15) is 0 Å². The zero-order valence-corrected chi connectivity index (χ0v) is 20.6. The Morgan fingerprint density at radius 1 is 1.03 bits per heavy atom. The van der Waals surface area contributed by atoms with E-state index in [9.17, 15) is 4.79 Å². The predicted octanol–water partition coefficient (Wildman–Crippen LogP) is 4.81. The van der Waals surface area contributed by atoms with Crippen molar-refractivity contribution in [3.05, 3.63) is 84.2 Å². The average Bonchev–Trinajstić information content (AvgIpc) is 3.44. The number of nitrogens with zero attached hydrogens (tertiary/aromatic N) is 5. The molecule has 4 aromatic rings. The Morgan fingerprint density at radius 2 is 1.76 bits per heavy atom. The summed E-state index contributed by atoms with van der Waals surface area (Å²) in [5.41, 5.74) is 6.71. The molecule has 1 N–H and O–H groups in total. The van der Waals surface area contributed by atoms with Crippen molar-refractivity contribution in [3.63, 3.8) is 0 Å². The van der Waals surface area contributed by atoms with Crippen molar-refractivity contribution in [1.82, 2.24) is 24.8 Å². The number of para-hydroxylation sites is 1. The van der Waals surface area contributed by atoms with Crippen LogP contribution in [0.5, 0.6) is 0 Å². The molecule has 8 heteroatoms. The lowest BCUT2D eigenvalue weighted by molar-refractivity contribution is -0.118. The average molecular weight is 473 g/mol. The van der Waals surface area contributed by atoms with Gasteiger partial charge in [-0.1, -0.05) is 75.0 Å². The van der Waals surface area contributed by atoms with Crippen molar-refractivity contribution in [2.75, 3.05) is 5.75 Å². The second kappa shape index (κ2) is 10.1. The Morgan fingerprint density at radius 3 is 2.41 bits per heavy atom. The van der Waals surface area contributed by atoms with Crippen molar-refractivity contribution < 1.29 is 4.79 Å². The number of amides is 1. The van der Waals surface area contributed by atoms with Crippen LogP contribution in [0, 0.1) is 0 Å². The number of hydrazone groups is 1. The zero-order chi connectivity index (χ0) is 24.1. The van der Waals surface area contributed by atoms with Gasteiger partial charge in [-0.15, -0.1) is 10.2 Å². The van der Waals surface area contributed by atoms with Crippen molar-refractivity contribution >= 4 is 23.9 Å². The molecule has 4 rings (SSSR count). The number of rotatable bonds is 7. The molecule has 0 aliphatic carbocycles. The SMILES string of the molecule is Cn1cccc1/C=N/NC(=O)CSc1nnc(-c2ccc(C(C)(C)C)cc2)n1-c1ccccc1. The van der Waals surface area contributed by atoms with Crippen molar-refractivity contribution in [2.45, 2.75) is 31.3 Å². The predicted molar refractivity (Wildman–Crippen MR) is 137 cm³/mol. The second-order valence-corrected chi connectivity index (χ2v) is 9.87. The fraction of sp³-hybridized carbons (Fsp3) is 0.231. The largest absolute Gasteiger partial charge is 0.350 e. The number of benzene rings is 2. The van der Waals surface area contributed by atoms with Gasteiger partial charge in [0.15, 0.2) is 11.0 Å². The Balaban J connectivity index is 1.54. The van der Waals surface area contributed by atoms with Crippen LogP contribution in [0.1, 0.15) is 32.0 Å². The number of hydrogen-bond donors (Lipinski definition) is 1. The first-order valence-electron chi connectivity index (χ1n) is 11.0. The smallest absolute Gasteiger partial charge is 0.250 e. The number of nitrogens with one attached hydrogen (secondary N) is 1. The van der Waals surface area contributed by atoms with Gasteiger partial charge >= 0.3 is 0 Å². The second-order valence-electron chi connectivity index (χ2n) is 8.93. The summed E-state index contributed by atoms with van der Waals surface area (Å²) >= 11 is 1.32. The monoisotopic (exact) mass is 472 g/mol. The first-order valence-corrected chi connectivity index (χ1v) is 12.0. The van der Waals surface area contributed by atoms with Gasteiger partial charge in [-0.05, 0) is 35.2 Å². The fourth-order valence-corrected chi connectivity index (χ4v) is 4.17. The molecule has 7 nitrogen and oxygen atoms in total. The minimum absolute atomic E-state index is 0.0721. The highest BCUT2D eigenvalue weighted by Crippen LogP contribution is 2.30. The molecule has 0 saturated carbocycles. The first kappa shape index (κ1) is 23.5. The van der Waals surface area contributed by atoms with E-state index in [1.807, 2.05) is 64.8 Å². The van der Waals surface area contributed by atoms with Gasteiger partial charge in [0.25, 0.3) is 5.91 Å². The summed E-state index contributed by atoms with van der Waals surface area (Å²) in [6.45, 7) is 6.58. The van der Waals surface area contributed by atoms with E-state index in [1.54, 1.807) is 6.21 Å². The topological polar surface area (TPSA) is 77.1 Å². The third kappa shape index (κ3) is 5.46. The van der Waals surface area contributed by atoms with E-state index < -0.39 is 0 Å². The van der Waals surface area contributed by atoms with Gasteiger partial charge < -0.3 is 4.57 Å². The minimum Gasteiger partial charge on any atom is -0.350 e. The first-order chi connectivity index (χ1) is 16.3. The maximum atomic E-state index is 12.4. The van der Waals surface area contributed by atoms with Crippen molar-refractivity contribution in [3.8, 4) is 17.1 Å². The number of hydrogen-bond acceptors (Lipinski definition) is 5. The summed E-state index contributed by atoms with van der Waals surface area (Å²) < 4.78 is 3.90. The van der Waals surface area contributed by atoms with Gasteiger partial charge in [0.2, 0.25) is 0 Å². The molecule has 0 fully saturated rings. The molecular formula is C26H28N6OS. The van der Waals surface area contributed by atoms with E-state index in [-0.39, 0.29) is 17.1 Å². The van der Waals surface area contributed by atoms with Gasteiger partial charge in [-0.2, -0.15) is 5.10 Å². The molecule has 0 unspecified atom stereocenters. The summed E-state index contributed by atoms with van der Waals surface area (Å²) in [6, 6.07) is 22.2. The van der Waals surface area contributed by atoms with E-state index in [2.05, 4.69) is 65.8 Å². The van der Waals surface area contributed by atoms with Crippen LogP contribution in [0.4, 0.5) is 0 Å². The van der Waals surface area contributed by atoms with Crippen molar-refractivity contribution in [2.24, 2.45) is 12.1 Å². The normalized spacial score (nSPS) is 11.8. The molecule has 1 amide bonds. The van der Waals surface area contributed by atoms with Crippen LogP contribution in [-0.2, 0) is 17.3 Å². The molecule has 174 valence electrons. The summed E-state index contributed by atoms with van der Waals surface area (Å²) in [5, 5.41) is 13.6. The van der Waals surface area contributed by atoms with Crippen LogP contribution in [-0.4, -0.2) is 37.2 Å². The highest BCUT2D eigenvalue weighted by Gasteiger charge is 2.19. The zero-order valence-electron chi connectivity index (χ0n) is 19.8. The molecule has 0 spiro atoms. The van der Waals surface area contributed by atoms with Gasteiger partial charge in [0.05, 0.1) is 17.7 Å². The molecule has 2 heterocycles.